The number of rotatable bonds is 4. The SMILES string of the molecule is CN(Cc1ccco1)C(=O)c1ccc2c(c1)N=C(c1ccc(Cl)cc1)c1ccccc1S2. The minimum atomic E-state index is -0.0841. The van der Waals surface area contributed by atoms with Crippen molar-refractivity contribution < 1.29 is 9.21 Å². The predicted molar refractivity (Wildman–Crippen MR) is 128 cm³/mol. The highest BCUT2D eigenvalue weighted by Crippen LogP contribution is 2.41. The van der Waals surface area contributed by atoms with Crippen LogP contribution in [0.3, 0.4) is 0 Å². The second kappa shape index (κ2) is 8.69. The van der Waals surface area contributed by atoms with Crippen LogP contribution in [0.15, 0.2) is 104 Å². The summed E-state index contributed by atoms with van der Waals surface area (Å²) < 4.78 is 5.38. The van der Waals surface area contributed by atoms with Gasteiger partial charge in [-0.1, -0.05) is 53.7 Å². The van der Waals surface area contributed by atoms with Crippen LogP contribution in [-0.4, -0.2) is 23.6 Å². The summed E-state index contributed by atoms with van der Waals surface area (Å²) >= 11 is 7.76. The van der Waals surface area contributed by atoms with Gasteiger partial charge in [-0.05, 0) is 48.5 Å². The largest absolute Gasteiger partial charge is 0.467 e. The second-order valence-corrected chi connectivity index (χ2v) is 9.01. The Labute approximate surface area is 195 Å². The zero-order chi connectivity index (χ0) is 22.1. The van der Waals surface area contributed by atoms with Crippen LogP contribution in [0.1, 0.15) is 27.2 Å². The van der Waals surface area contributed by atoms with Gasteiger partial charge in [0, 0.05) is 38.6 Å². The summed E-state index contributed by atoms with van der Waals surface area (Å²) in [6.07, 6.45) is 1.61. The van der Waals surface area contributed by atoms with Gasteiger partial charge in [0.05, 0.1) is 24.2 Å². The molecule has 0 radical (unpaired) electrons. The number of carbonyl (C=O) groups excluding carboxylic acids is 1. The van der Waals surface area contributed by atoms with Crippen molar-refractivity contribution in [2.75, 3.05) is 7.05 Å². The van der Waals surface area contributed by atoms with Crippen molar-refractivity contribution in [3.63, 3.8) is 0 Å². The third-order valence-corrected chi connectivity index (χ3v) is 6.63. The summed E-state index contributed by atoms with van der Waals surface area (Å²) in [5, 5.41) is 0.679. The third kappa shape index (κ3) is 4.09. The van der Waals surface area contributed by atoms with Gasteiger partial charge in [0.15, 0.2) is 0 Å². The average Bonchev–Trinajstić information content (AvgIpc) is 3.26. The van der Waals surface area contributed by atoms with E-state index in [1.165, 1.54) is 0 Å². The third-order valence-electron chi connectivity index (χ3n) is 5.24. The fourth-order valence-electron chi connectivity index (χ4n) is 3.63. The summed E-state index contributed by atoms with van der Waals surface area (Å²) in [6, 6.07) is 25.3. The molecule has 0 saturated heterocycles. The van der Waals surface area contributed by atoms with Crippen LogP contribution in [0.5, 0.6) is 0 Å². The van der Waals surface area contributed by atoms with E-state index >= 15 is 0 Å². The molecule has 1 aliphatic heterocycles. The van der Waals surface area contributed by atoms with Crippen LogP contribution in [-0.2, 0) is 6.54 Å². The van der Waals surface area contributed by atoms with Crippen LogP contribution in [0.4, 0.5) is 5.69 Å². The van der Waals surface area contributed by atoms with Crippen molar-refractivity contribution in [2.24, 2.45) is 4.99 Å². The van der Waals surface area contributed by atoms with Gasteiger partial charge >= 0.3 is 0 Å². The minimum Gasteiger partial charge on any atom is -0.467 e. The normalized spacial score (nSPS) is 12.4. The Balaban J connectivity index is 1.55. The van der Waals surface area contributed by atoms with Crippen LogP contribution in [0.25, 0.3) is 0 Å². The van der Waals surface area contributed by atoms with E-state index in [4.69, 9.17) is 21.0 Å². The molecule has 0 atom stereocenters. The molecular weight excluding hydrogens is 440 g/mol. The second-order valence-electron chi connectivity index (χ2n) is 7.49. The van der Waals surface area contributed by atoms with Crippen molar-refractivity contribution in [2.45, 2.75) is 16.3 Å². The van der Waals surface area contributed by atoms with E-state index in [9.17, 15) is 4.79 Å². The summed E-state index contributed by atoms with van der Waals surface area (Å²) in [5.41, 5.74) is 4.25. The summed E-state index contributed by atoms with van der Waals surface area (Å²) in [5.74, 6) is 0.656. The molecule has 0 fully saturated rings. The van der Waals surface area contributed by atoms with E-state index in [0.717, 1.165) is 38.1 Å². The van der Waals surface area contributed by atoms with E-state index in [1.807, 2.05) is 66.7 Å². The van der Waals surface area contributed by atoms with E-state index in [0.29, 0.717) is 17.1 Å². The molecule has 32 heavy (non-hydrogen) atoms. The van der Waals surface area contributed by atoms with Gasteiger partial charge in [0.2, 0.25) is 0 Å². The van der Waals surface area contributed by atoms with Gasteiger partial charge < -0.3 is 9.32 Å². The van der Waals surface area contributed by atoms with Crippen molar-refractivity contribution in [3.05, 3.63) is 113 Å². The van der Waals surface area contributed by atoms with Crippen molar-refractivity contribution >= 4 is 40.7 Å². The van der Waals surface area contributed by atoms with Crippen molar-refractivity contribution in [1.82, 2.24) is 4.90 Å². The molecule has 0 saturated carbocycles. The van der Waals surface area contributed by atoms with E-state index in [-0.39, 0.29) is 5.91 Å². The first-order valence-electron chi connectivity index (χ1n) is 10.1. The van der Waals surface area contributed by atoms with Crippen molar-refractivity contribution in [3.8, 4) is 0 Å². The number of aliphatic imine (C=N–C) groups is 1. The molecule has 1 aliphatic rings. The fraction of sp³-hybridized carbons (Fsp3) is 0.0769. The van der Waals surface area contributed by atoms with Gasteiger partial charge in [-0.25, -0.2) is 4.99 Å². The molecule has 4 aromatic rings. The van der Waals surface area contributed by atoms with Gasteiger partial charge in [0.25, 0.3) is 5.91 Å². The molecule has 5 rings (SSSR count). The van der Waals surface area contributed by atoms with E-state index < -0.39 is 0 Å². The van der Waals surface area contributed by atoms with Crippen LogP contribution in [0.2, 0.25) is 5.02 Å². The first-order valence-corrected chi connectivity index (χ1v) is 11.3. The zero-order valence-corrected chi connectivity index (χ0v) is 18.9. The molecule has 4 nitrogen and oxygen atoms in total. The molecular formula is C26H19ClN2O2S. The Hall–Kier alpha value is -3.28. The highest BCUT2D eigenvalue weighted by molar-refractivity contribution is 7.99. The number of carbonyl (C=O) groups is 1. The lowest BCUT2D eigenvalue weighted by molar-refractivity contribution is 0.0775. The average molecular weight is 459 g/mol. The highest BCUT2D eigenvalue weighted by Gasteiger charge is 2.21. The van der Waals surface area contributed by atoms with E-state index in [1.54, 1.807) is 30.0 Å². The first-order chi connectivity index (χ1) is 15.6. The summed E-state index contributed by atoms with van der Waals surface area (Å²) in [4.78, 5) is 21.9. The molecule has 0 N–H and O–H groups in total. The maximum Gasteiger partial charge on any atom is 0.254 e. The number of fused-ring (bicyclic) bond motifs is 2. The number of halogens is 1. The van der Waals surface area contributed by atoms with Crippen LogP contribution in [0, 0.1) is 0 Å². The number of nitrogens with zero attached hydrogens (tertiary/aromatic N) is 2. The van der Waals surface area contributed by atoms with Gasteiger partial charge in [-0.2, -0.15) is 0 Å². The lowest BCUT2D eigenvalue weighted by Crippen LogP contribution is -2.25. The molecule has 0 unspecified atom stereocenters. The molecule has 1 amide bonds. The predicted octanol–water partition coefficient (Wildman–Crippen LogP) is 6.84. The van der Waals surface area contributed by atoms with Crippen LogP contribution >= 0.6 is 23.4 Å². The highest BCUT2D eigenvalue weighted by atomic mass is 35.5. The number of hydrogen-bond donors (Lipinski definition) is 0. The minimum absolute atomic E-state index is 0.0841. The molecule has 0 spiro atoms. The van der Waals surface area contributed by atoms with Gasteiger partial charge in [0.1, 0.15) is 5.76 Å². The van der Waals surface area contributed by atoms with Gasteiger partial charge in [-0.3, -0.25) is 4.79 Å². The summed E-state index contributed by atoms with van der Waals surface area (Å²) in [6.45, 7) is 0.405. The Morgan fingerprint density at radius 3 is 2.59 bits per heavy atom. The van der Waals surface area contributed by atoms with Crippen molar-refractivity contribution in [1.29, 1.82) is 0 Å². The number of furan rings is 1. The molecule has 6 heteroatoms. The number of benzene rings is 3. The Kier molecular flexibility index (Phi) is 5.60. The first kappa shape index (κ1) is 20.6. The molecule has 1 aromatic heterocycles. The molecule has 0 bridgehead atoms. The zero-order valence-electron chi connectivity index (χ0n) is 17.3. The molecule has 158 valence electrons. The monoisotopic (exact) mass is 458 g/mol. The topological polar surface area (TPSA) is 45.8 Å². The lowest BCUT2D eigenvalue weighted by Gasteiger charge is -2.16. The Morgan fingerprint density at radius 1 is 1.00 bits per heavy atom. The number of amides is 1. The quantitative estimate of drug-likeness (QED) is 0.296. The fourth-order valence-corrected chi connectivity index (χ4v) is 4.76. The summed E-state index contributed by atoms with van der Waals surface area (Å²) in [7, 11) is 1.77. The molecule has 2 heterocycles. The van der Waals surface area contributed by atoms with Gasteiger partial charge in [-0.15, -0.1) is 0 Å². The lowest BCUT2D eigenvalue weighted by atomic mass is 10.0. The molecule has 3 aromatic carbocycles. The van der Waals surface area contributed by atoms with Crippen LogP contribution < -0.4 is 0 Å². The Bertz CT molecular complexity index is 1310. The standard InChI is InChI=1S/C26H19ClN2O2S/c1-29(16-20-5-4-14-31-20)26(30)18-10-13-24-22(15-18)28-25(17-8-11-19(27)12-9-17)21-6-2-3-7-23(21)32-24/h2-15H,16H2,1H3. The maximum absolute atomic E-state index is 13.1. The molecule has 0 aliphatic carbocycles. The maximum atomic E-state index is 13.1. The van der Waals surface area contributed by atoms with E-state index in [2.05, 4.69) is 12.1 Å². The Morgan fingerprint density at radius 2 is 1.81 bits per heavy atom. The smallest absolute Gasteiger partial charge is 0.254 e. The number of hydrogen-bond acceptors (Lipinski definition) is 4.